The lowest BCUT2D eigenvalue weighted by molar-refractivity contribution is -0.000705. The van der Waals surface area contributed by atoms with Gasteiger partial charge in [0.15, 0.2) is 0 Å². The molecule has 5 rings (SSSR count). The van der Waals surface area contributed by atoms with Gasteiger partial charge in [0, 0.05) is 11.5 Å². The highest BCUT2D eigenvalue weighted by Crippen LogP contribution is 2.33. The molecule has 2 N–H and O–H groups in total. The van der Waals surface area contributed by atoms with E-state index in [1.165, 1.54) is 10.8 Å². The van der Waals surface area contributed by atoms with E-state index < -0.39 is 0 Å². The second-order valence-electron chi connectivity index (χ2n) is 9.84. The highest BCUT2D eigenvalue weighted by atomic mass is 32.1. The first-order chi connectivity index (χ1) is 17.0. The topological polar surface area (TPSA) is 88.4 Å². The van der Waals surface area contributed by atoms with Crippen LogP contribution in [-0.4, -0.2) is 21.2 Å². The molecule has 2 aromatic heterocycles. The van der Waals surface area contributed by atoms with Gasteiger partial charge in [0.2, 0.25) is 11.8 Å². The number of aryl methyl sites for hydroxylation is 1. The number of oxazole rings is 1. The van der Waals surface area contributed by atoms with Gasteiger partial charge < -0.3 is 14.3 Å². The van der Waals surface area contributed by atoms with Crippen LogP contribution in [0.2, 0.25) is 0 Å². The second kappa shape index (κ2) is 10.4. The molecule has 1 aliphatic carbocycles. The number of ether oxygens (including phenoxy) is 1. The van der Waals surface area contributed by atoms with Crippen LogP contribution >= 0.6 is 11.3 Å². The van der Waals surface area contributed by atoms with Crippen LogP contribution in [0.15, 0.2) is 51.7 Å². The molecule has 2 heterocycles. The quantitative estimate of drug-likeness (QED) is 0.283. The Labute approximate surface area is 209 Å². The van der Waals surface area contributed by atoms with Crippen molar-refractivity contribution in [1.29, 1.82) is 0 Å². The van der Waals surface area contributed by atoms with E-state index >= 15 is 0 Å². The standard InChI is InChI=1S/C28H32N2O4S/c1-17(2)25-23(29-27(34-25)21-12-11-19-7-3-4-8-20(19)15-21)16-33-22-9-5-6-18(14-22)10-13-24-26(31)30-28(32)35-24/h3-4,7-8,11-12,15,17-18,22,31H,5-6,9-10,13-14,16H2,1-2H3,(H,30,32)/t18-,22-/m0/s1. The van der Waals surface area contributed by atoms with Crippen LogP contribution in [0, 0.1) is 5.92 Å². The number of benzene rings is 2. The Morgan fingerprint density at radius 3 is 2.80 bits per heavy atom. The molecule has 2 aromatic carbocycles. The molecule has 6 nitrogen and oxygen atoms in total. The van der Waals surface area contributed by atoms with Crippen molar-refractivity contribution in [3.8, 4) is 17.3 Å². The average Bonchev–Trinajstić information content (AvgIpc) is 3.44. The van der Waals surface area contributed by atoms with Gasteiger partial charge in [-0.05, 0) is 54.5 Å². The molecular weight excluding hydrogens is 460 g/mol. The van der Waals surface area contributed by atoms with E-state index in [1.54, 1.807) is 0 Å². The number of aromatic amines is 1. The molecule has 184 valence electrons. The molecule has 1 aliphatic rings. The number of aromatic hydroxyl groups is 1. The Hall–Kier alpha value is -2.90. The Morgan fingerprint density at radius 1 is 1.20 bits per heavy atom. The molecule has 4 aromatic rings. The van der Waals surface area contributed by atoms with Crippen LogP contribution < -0.4 is 4.87 Å². The monoisotopic (exact) mass is 492 g/mol. The molecule has 1 fully saturated rings. The fraction of sp³-hybridized carbons (Fsp3) is 0.429. The molecular formula is C28H32N2O4S. The number of nitrogens with zero attached hydrogens (tertiary/aromatic N) is 1. The van der Waals surface area contributed by atoms with Crippen molar-refractivity contribution < 1.29 is 14.3 Å². The minimum atomic E-state index is -0.195. The third-order valence-corrected chi connectivity index (χ3v) is 7.85. The molecule has 1 saturated carbocycles. The summed E-state index contributed by atoms with van der Waals surface area (Å²) in [6.07, 6.45) is 6.19. The SMILES string of the molecule is CC(C)c1oc(-c2ccc3ccccc3c2)nc1CO[C@H]1CCC[C@@H](CCc2sc(=O)[nH]c2O)C1. The number of rotatable bonds is 8. The lowest BCUT2D eigenvalue weighted by Gasteiger charge is -2.29. The summed E-state index contributed by atoms with van der Waals surface area (Å²) < 4.78 is 12.6. The zero-order chi connectivity index (χ0) is 24.4. The van der Waals surface area contributed by atoms with Crippen LogP contribution in [0.1, 0.15) is 68.2 Å². The maximum atomic E-state index is 11.4. The molecule has 2 atom stereocenters. The maximum Gasteiger partial charge on any atom is 0.307 e. The molecule has 0 spiro atoms. The Bertz CT molecular complexity index is 1350. The van der Waals surface area contributed by atoms with E-state index in [1.807, 2.05) is 12.1 Å². The van der Waals surface area contributed by atoms with Gasteiger partial charge >= 0.3 is 4.87 Å². The number of thiazole rings is 1. The number of hydrogen-bond donors (Lipinski definition) is 2. The minimum Gasteiger partial charge on any atom is -0.494 e. The van der Waals surface area contributed by atoms with Crippen molar-refractivity contribution in [3.63, 3.8) is 0 Å². The van der Waals surface area contributed by atoms with Crippen molar-refractivity contribution in [3.05, 3.63) is 68.5 Å². The van der Waals surface area contributed by atoms with Gasteiger partial charge in [-0.1, -0.05) is 68.4 Å². The minimum absolute atomic E-state index is 0.0260. The molecule has 0 aliphatic heterocycles. The summed E-state index contributed by atoms with van der Waals surface area (Å²) in [5.41, 5.74) is 1.86. The third-order valence-electron chi connectivity index (χ3n) is 6.92. The summed E-state index contributed by atoms with van der Waals surface area (Å²) in [4.78, 5) is 19.3. The molecule has 0 unspecified atom stereocenters. The van der Waals surface area contributed by atoms with Crippen LogP contribution in [0.3, 0.4) is 0 Å². The number of fused-ring (bicyclic) bond motifs is 1. The summed E-state index contributed by atoms with van der Waals surface area (Å²) in [6, 6.07) is 14.6. The normalized spacial score (nSPS) is 18.5. The van der Waals surface area contributed by atoms with Crippen molar-refractivity contribution in [1.82, 2.24) is 9.97 Å². The molecule has 0 saturated heterocycles. The first-order valence-corrected chi connectivity index (χ1v) is 13.3. The van der Waals surface area contributed by atoms with E-state index in [4.69, 9.17) is 14.1 Å². The average molecular weight is 493 g/mol. The molecule has 0 radical (unpaired) electrons. The fourth-order valence-electron chi connectivity index (χ4n) is 5.07. The van der Waals surface area contributed by atoms with Gasteiger partial charge in [0.25, 0.3) is 0 Å². The Balaban J connectivity index is 1.24. The predicted octanol–water partition coefficient (Wildman–Crippen LogP) is 6.78. The van der Waals surface area contributed by atoms with Gasteiger partial charge in [-0.25, -0.2) is 4.98 Å². The fourth-order valence-corrected chi connectivity index (χ4v) is 5.81. The van der Waals surface area contributed by atoms with E-state index in [9.17, 15) is 9.90 Å². The van der Waals surface area contributed by atoms with E-state index in [0.29, 0.717) is 18.4 Å². The summed E-state index contributed by atoms with van der Waals surface area (Å²) in [6.45, 7) is 4.69. The van der Waals surface area contributed by atoms with Crippen LogP contribution in [0.5, 0.6) is 5.88 Å². The number of H-pyrrole nitrogens is 1. The van der Waals surface area contributed by atoms with E-state index in [-0.39, 0.29) is 22.8 Å². The highest BCUT2D eigenvalue weighted by molar-refractivity contribution is 7.09. The molecule has 0 bridgehead atoms. The largest absolute Gasteiger partial charge is 0.494 e. The maximum absolute atomic E-state index is 11.4. The van der Waals surface area contributed by atoms with Gasteiger partial charge in [0.05, 0.1) is 17.6 Å². The Kier molecular flexibility index (Phi) is 7.07. The highest BCUT2D eigenvalue weighted by Gasteiger charge is 2.25. The lowest BCUT2D eigenvalue weighted by atomic mass is 9.84. The second-order valence-corrected chi connectivity index (χ2v) is 10.9. The molecule has 7 heteroatoms. The Morgan fingerprint density at radius 2 is 2.03 bits per heavy atom. The number of hydrogen-bond acceptors (Lipinski definition) is 6. The number of nitrogens with one attached hydrogen (secondary N) is 1. The van der Waals surface area contributed by atoms with Crippen molar-refractivity contribution in [2.24, 2.45) is 5.92 Å². The smallest absolute Gasteiger partial charge is 0.307 e. The predicted molar refractivity (Wildman–Crippen MR) is 139 cm³/mol. The lowest BCUT2D eigenvalue weighted by Crippen LogP contribution is -2.23. The van der Waals surface area contributed by atoms with Gasteiger partial charge in [0.1, 0.15) is 11.5 Å². The summed E-state index contributed by atoms with van der Waals surface area (Å²) in [5, 5.41) is 12.2. The third kappa shape index (κ3) is 5.52. The summed E-state index contributed by atoms with van der Waals surface area (Å²) in [7, 11) is 0. The first-order valence-electron chi connectivity index (χ1n) is 12.5. The van der Waals surface area contributed by atoms with Gasteiger partial charge in [-0.2, -0.15) is 0 Å². The summed E-state index contributed by atoms with van der Waals surface area (Å²) in [5.74, 6) is 2.30. The van der Waals surface area contributed by atoms with Crippen molar-refractivity contribution in [2.45, 2.75) is 71.0 Å². The molecule has 35 heavy (non-hydrogen) atoms. The van der Waals surface area contributed by atoms with Crippen LogP contribution in [-0.2, 0) is 17.8 Å². The molecule has 0 amide bonds. The van der Waals surface area contributed by atoms with E-state index in [2.05, 4.69) is 49.2 Å². The number of aromatic nitrogens is 2. The summed E-state index contributed by atoms with van der Waals surface area (Å²) >= 11 is 1.11. The first kappa shape index (κ1) is 23.8. The van der Waals surface area contributed by atoms with Crippen molar-refractivity contribution in [2.75, 3.05) is 0 Å². The van der Waals surface area contributed by atoms with Gasteiger partial charge in [-0.3, -0.25) is 9.78 Å². The van der Waals surface area contributed by atoms with Gasteiger partial charge in [-0.15, -0.1) is 0 Å². The zero-order valence-electron chi connectivity index (χ0n) is 20.3. The van der Waals surface area contributed by atoms with Crippen molar-refractivity contribution >= 4 is 22.1 Å². The van der Waals surface area contributed by atoms with E-state index in [0.717, 1.165) is 71.8 Å². The van der Waals surface area contributed by atoms with Crippen LogP contribution in [0.25, 0.3) is 22.2 Å². The van der Waals surface area contributed by atoms with Crippen LogP contribution in [0.4, 0.5) is 0 Å². The zero-order valence-corrected chi connectivity index (χ0v) is 21.1.